The zero-order valence-electron chi connectivity index (χ0n) is 10.8. The molecule has 2 nitrogen and oxygen atoms in total. The Labute approximate surface area is 94.8 Å². The molecule has 0 saturated heterocycles. The zero-order chi connectivity index (χ0) is 11.3. The molecule has 0 bridgehead atoms. The average molecular weight is 213 g/mol. The van der Waals surface area contributed by atoms with Crippen molar-refractivity contribution < 1.29 is 4.74 Å². The number of hydrogen-bond donors (Lipinski definition) is 1. The number of hydrogen-bond acceptors (Lipinski definition) is 2. The van der Waals surface area contributed by atoms with Crippen LogP contribution in [0.5, 0.6) is 0 Å². The summed E-state index contributed by atoms with van der Waals surface area (Å²) in [5, 5.41) is 3.74. The lowest BCUT2D eigenvalue weighted by Gasteiger charge is -2.31. The van der Waals surface area contributed by atoms with Crippen molar-refractivity contribution in [1.82, 2.24) is 5.32 Å². The molecule has 0 aromatic rings. The first kappa shape index (κ1) is 13.0. The summed E-state index contributed by atoms with van der Waals surface area (Å²) in [4.78, 5) is 0. The molecule has 1 fully saturated rings. The van der Waals surface area contributed by atoms with Gasteiger partial charge in [-0.3, -0.25) is 0 Å². The molecule has 1 aliphatic rings. The summed E-state index contributed by atoms with van der Waals surface area (Å²) in [5.41, 5.74) is 0. The molecule has 0 aromatic heterocycles. The Morgan fingerprint density at radius 1 is 1.13 bits per heavy atom. The van der Waals surface area contributed by atoms with E-state index in [1.165, 1.54) is 32.1 Å². The molecule has 1 atom stereocenters. The predicted octanol–water partition coefficient (Wildman–Crippen LogP) is 2.97. The summed E-state index contributed by atoms with van der Waals surface area (Å²) in [6.07, 6.45) is 6.81. The highest BCUT2D eigenvalue weighted by Crippen LogP contribution is 2.21. The molecular formula is C13H27NO. The highest BCUT2D eigenvalue weighted by Gasteiger charge is 2.21. The Morgan fingerprint density at radius 2 is 1.73 bits per heavy atom. The number of ether oxygens (including phenoxy) is 1. The van der Waals surface area contributed by atoms with Gasteiger partial charge in [0, 0.05) is 19.2 Å². The van der Waals surface area contributed by atoms with Gasteiger partial charge in [-0.2, -0.15) is 0 Å². The standard InChI is InChI=1S/C13H27NO/c1-10(2)9-11(3)14-12-5-7-13(15-4)8-6-12/h10-14H,5-9H2,1-4H3. The van der Waals surface area contributed by atoms with Gasteiger partial charge in [0.15, 0.2) is 0 Å². The number of rotatable bonds is 5. The second-order valence-corrected chi connectivity index (χ2v) is 5.41. The van der Waals surface area contributed by atoms with Gasteiger partial charge in [-0.15, -0.1) is 0 Å². The molecule has 1 N–H and O–H groups in total. The van der Waals surface area contributed by atoms with Crippen LogP contribution < -0.4 is 5.32 Å². The van der Waals surface area contributed by atoms with E-state index >= 15 is 0 Å². The fraction of sp³-hybridized carbons (Fsp3) is 1.00. The van der Waals surface area contributed by atoms with Crippen LogP contribution in [0.3, 0.4) is 0 Å². The third kappa shape index (κ3) is 4.98. The highest BCUT2D eigenvalue weighted by molar-refractivity contribution is 4.79. The lowest BCUT2D eigenvalue weighted by atomic mass is 9.92. The minimum atomic E-state index is 0.517. The minimum absolute atomic E-state index is 0.517. The Kier molecular flexibility index (Phi) is 5.62. The molecular weight excluding hydrogens is 186 g/mol. The number of methoxy groups -OCH3 is 1. The third-order valence-corrected chi connectivity index (χ3v) is 3.35. The van der Waals surface area contributed by atoms with Crippen LogP contribution in [0.25, 0.3) is 0 Å². The lowest BCUT2D eigenvalue weighted by molar-refractivity contribution is 0.0610. The van der Waals surface area contributed by atoms with Gasteiger partial charge in [-0.25, -0.2) is 0 Å². The van der Waals surface area contributed by atoms with Crippen molar-refractivity contribution in [3.8, 4) is 0 Å². The van der Waals surface area contributed by atoms with Crippen molar-refractivity contribution in [2.24, 2.45) is 5.92 Å². The summed E-state index contributed by atoms with van der Waals surface area (Å²) in [5.74, 6) is 0.794. The molecule has 15 heavy (non-hydrogen) atoms. The molecule has 0 aliphatic heterocycles. The van der Waals surface area contributed by atoms with E-state index < -0.39 is 0 Å². The van der Waals surface area contributed by atoms with E-state index in [9.17, 15) is 0 Å². The van der Waals surface area contributed by atoms with Gasteiger partial charge >= 0.3 is 0 Å². The van der Waals surface area contributed by atoms with E-state index in [-0.39, 0.29) is 0 Å². The van der Waals surface area contributed by atoms with Crippen molar-refractivity contribution in [2.75, 3.05) is 7.11 Å². The van der Waals surface area contributed by atoms with Crippen molar-refractivity contribution in [3.05, 3.63) is 0 Å². The Bertz CT molecular complexity index is 162. The smallest absolute Gasteiger partial charge is 0.0572 e. The largest absolute Gasteiger partial charge is 0.381 e. The van der Waals surface area contributed by atoms with Crippen LogP contribution in [-0.2, 0) is 4.74 Å². The lowest BCUT2D eigenvalue weighted by Crippen LogP contribution is -2.40. The SMILES string of the molecule is COC1CCC(NC(C)CC(C)C)CC1. The molecule has 0 aromatic carbocycles. The van der Waals surface area contributed by atoms with Crippen molar-refractivity contribution >= 4 is 0 Å². The van der Waals surface area contributed by atoms with Gasteiger partial charge in [-0.1, -0.05) is 13.8 Å². The molecule has 1 unspecified atom stereocenters. The number of nitrogens with one attached hydrogen (secondary N) is 1. The van der Waals surface area contributed by atoms with Gasteiger partial charge in [0.2, 0.25) is 0 Å². The van der Waals surface area contributed by atoms with E-state index in [0.717, 1.165) is 12.0 Å². The Hall–Kier alpha value is -0.0800. The normalized spacial score (nSPS) is 29.4. The van der Waals surface area contributed by atoms with E-state index in [2.05, 4.69) is 26.1 Å². The van der Waals surface area contributed by atoms with Crippen LogP contribution in [0.4, 0.5) is 0 Å². The minimum Gasteiger partial charge on any atom is -0.381 e. The highest BCUT2D eigenvalue weighted by atomic mass is 16.5. The van der Waals surface area contributed by atoms with Crippen LogP contribution in [0.2, 0.25) is 0 Å². The maximum absolute atomic E-state index is 5.38. The molecule has 90 valence electrons. The van der Waals surface area contributed by atoms with Crippen LogP contribution >= 0.6 is 0 Å². The fourth-order valence-corrected chi connectivity index (χ4v) is 2.64. The van der Waals surface area contributed by atoms with Gasteiger partial charge in [0.25, 0.3) is 0 Å². The van der Waals surface area contributed by atoms with Crippen LogP contribution in [0.1, 0.15) is 52.9 Å². The molecule has 0 amide bonds. The third-order valence-electron chi connectivity index (χ3n) is 3.35. The molecule has 1 saturated carbocycles. The van der Waals surface area contributed by atoms with E-state index in [4.69, 9.17) is 4.74 Å². The van der Waals surface area contributed by atoms with Crippen LogP contribution in [0, 0.1) is 5.92 Å². The van der Waals surface area contributed by atoms with E-state index in [1.807, 2.05) is 7.11 Å². The van der Waals surface area contributed by atoms with E-state index in [0.29, 0.717) is 12.1 Å². The summed E-state index contributed by atoms with van der Waals surface area (Å²) >= 11 is 0. The summed E-state index contributed by atoms with van der Waals surface area (Å²) < 4.78 is 5.38. The Morgan fingerprint density at radius 3 is 2.20 bits per heavy atom. The van der Waals surface area contributed by atoms with Gasteiger partial charge < -0.3 is 10.1 Å². The quantitative estimate of drug-likeness (QED) is 0.758. The van der Waals surface area contributed by atoms with Crippen LogP contribution in [0.15, 0.2) is 0 Å². The predicted molar refractivity (Wildman–Crippen MR) is 65.1 cm³/mol. The first-order chi connectivity index (χ1) is 7.11. The first-order valence-corrected chi connectivity index (χ1v) is 6.40. The first-order valence-electron chi connectivity index (χ1n) is 6.40. The molecule has 0 spiro atoms. The maximum atomic E-state index is 5.38. The summed E-state index contributed by atoms with van der Waals surface area (Å²) in [6, 6.07) is 1.39. The average Bonchev–Trinajstić information content (AvgIpc) is 2.17. The van der Waals surface area contributed by atoms with Gasteiger partial charge in [0.1, 0.15) is 0 Å². The summed E-state index contributed by atoms with van der Waals surface area (Å²) in [7, 11) is 1.83. The Balaban J connectivity index is 2.17. The molecule has 1 rings (SSSR count). The van der Waals surface area contributed by atoms with Crippen molar-refractivity contribution in [2.45, 2.75) is 71.1 Å². The molecule has 0 radical (unpaired) electrons. The maximum Gasteiger partial charge on any atom is 0.0572 e. The topological polar surface area (TPSA) is 21.3 Å². The van der Waals surface area contributed by atoms with Gasteiger partial charge in [0.05, 0.1) is 6.10 Å². The van der Waals surface area contributed by atoms with Gasteiger partial charge in [-0.05, 0) is 44.9 Å². The fourth-order valence-electron chi connectivity index (χ4n) is 2.64. The molecule has 1 aliphatic carbocycles. The van der Waals surface area contributed by atoms with Crippen molar-refractivity contribution in [1.29, 1.82) is 0 Å². The van der Waals surface area contributed by atoms with Crippen LogP contribution in [-0.4, -0.2) is 25.3 Å². The molecule has 2 heteroatoms. The van der Waals surface area contributed by atoms with E-state index in [1.54, 1.807) is 0 Å². The second-order valence-electron chi connectivity index (χ2n) is 5.41. The monoisotopic (exact) mass is 213 g/mol. The second kappa shape index (κ2) is 6.49. The van der Waals surface area contributed by atoms with Crippen molar-refractivity contribution in [3.63, 3.8) is 0 Å². The molecule has 0 heterocycles. The zero-order valence-corrected chi connectivity index (χ0v) is 10.8. The summed E-state index contributed by atoms with van der Waals surface area (Å²) in [6.45, 7) is 6.89.